The van der Waals surface area contributed by atoms with E-state index in [9.17, 15) is 4.79 Å². The van der Waals surface area contributed by atoms with Gasteiger partial charge in [-0.1, -0.05) is 12.8 Å². The number of hydrogen-bond acceptors (Lipinski definition) is 3. The van der Waals surface area contributed by atoms with E-state index in [4.69, 9.17) is 16.6 Å². The lowest BCUT2D eigenvalue weighted by atomic mass is 10.1. The van der Waals surface area contributed by atoms with Crippen molar-refractivity contribution in [2.75, 3.05) is 0 Å². The second-order valence-electron chi connectivity index (χ2n) is 3.19. The molecular formula is C7H14N2O2. The van der Waals surface area contributed by atoms with Crippen molar-refractivity contribution >= 4 is 5.91 Å². The Morgan fingerprint density at radius 2 is 2.18 bits per heavy atom. The van der Waals surface area contributed by atoms with Crippen molar-refractivity contribution in [1.29, 1.82) is 0 Å². The molecule has 0 aliphatic heterocycles. The zero-order valence-electron chi connectivity index (χ0n) is 6.36. The molecule has 11 heavy (non-hydrogen) atoms. The van der Waals surface area contributed by atoms with Crippen LogP contribution in [0.1, 0.15) is 19.3 Å². The van der Waals surface area contributed by atoms with Gasteiger partial charge in [0.05, 0.1) is 0 Å². The number of nitrogens with two attached hydrogens (primary N) is 2. The number of rotatable bonds is 4. The Morgan fingerprint density at radius 1 is 1.64 bits per heavy atom. The van der Waals surface area contributed by atoms with Gasteiger partial charge >= 0.3 is 0 Å². The molecule has 2 atom stereocenters. The maximum atomic E-state index is 10.4. The fourth-order valence-corrected chi connectivity index (χ4v) is 1.08. The van der Waals surface area contributed by atoms with Gasteiger partial charge in [-0.05, 0) is 12.3 Å². The molecule has 1 aliphatic rings. The van der Waals surface area contributed by atoms with E-state index in [-0.39, 0.29) is 0 Å². The van der Waals surface area contributed by atoms with Crippen LogP contribution in [0.15, 0.2) is 0 Å². The van der Waals surface area contributed by atoms with Crippen LogP contribution in [0, 0.1) is 5.92 Å². The molecule has 0 aromatic heterocycles. The average molecular weight is 158 g/mol. The normalized spacial score (nSPS) is 22.7. The van der Waals surface area contributed by atoms with Crippen LogP contribution in [0.5, 0.6) is 0 Å². The first-order chi connectivity index (χ1) is 5.11. The highest BCUT2D eigenvalue weighted by atomic mass is 16.3. The summed E-state index contributed by atoms with van der Waals surface area (Å²) in [5.74, 6) is -0.114. The molecule has 0 aromatic rings. The molecule has 0 spiro atoms. The van der Waals surface area contributed by atoms with Gasteiger partial charge in [-0.2, -0.15) is 0 Å². The molecule has 2 unspecified atom stereocenters. The third kappa shape index (κ3) is 2.48. The quantitative estimate of drug-likeness (QED) is 0.488. The molecule has 0 saturated heterocycles. The number of carbonyl (C=O) groups excluding carboxylic acids is 1. The summed E-state index contributed by atoms with van der Waals surface area (Å²) in [6.07, 6.45) is 1.87. The molecule has 0 heterocycles. The van der Waals surface area contributed by atoms with Crippen LogP contribution in [0.4, 0.5) is 0 Å². The number of primary amides is 1. The highest BCUT2D eigenvalue weighted by molar-refractivity contribution is 5.79. The summed E-state index contributed by atoms with van der Waals surface area (Å²) in [6.45, 7) is 0. The summed E-state index contributed by atoms with van der Waals surface area (Å²) >= 11 is 0. The molecule has 4 heteroatoms. The Hall–Kier alpha value is -0.610. The third-order valence-corrected chi connectivity index (χ3v) is 2.00. The zero-order chi connectivity index (χ0) is 8.43. The molecule has 0 radical (unpaired) electrons. The van der Waals surface area contributed by atoms with Crippen molar-refractivity contribution < 1.29 is 9.90 Å². The third-order valence-electron chi connectivity index (χ3n) is 2.00. The fraction of sp³-hybridized carbons (Fsp3) is 0.857. The molecule has 1 saturated carbocycles. The Bertz CT molecular complexity index is 157. The first kappa shape index (κ1) is 8.49. The van der Waals surface area contributed by atoms with Crippen LogP contribution >= 0.6 is 0 Å². The van der Waals surface area contributed by atoms with Crippen molar-refractivity contribution in [3.8, 4) is 0 Å². The summed E-state index contributed by atoms with van der Waals surface area (Å²) in [5.41, 5.74) is 10.4. The minimum Gasteiger partial charge on any atom is -0.382 e. The first-order valence-electron chi connectivity index (χ1n) is 3.84. The molecule has 0 bridgehead atoms. The lowest BCUT2D eigenvalue weighted by Crippen LogP contribution is -2.44. The van der Waals surface area contributed by atoms with Crippen molar-refractivity contribution in [2.45, 2.75) is 31.4 Å². The van der Waals surface area contributed by atoms with E-state index in [1.165, 1.54) is 12.8 Å². The van der Waals surface area contributed by atoms with Crippen LogP contribution in [0.25, 0.3) is 0 Å². The average Bonchev–Trinajstić information content (AvgIpc) is 2.69. The van der Waals surface area contributed by atoms with Crippen molar-refractivity contribution in [3.05, 3.63) is 0 Å². The minimum atomic E-state index is -1.17. The van der Waals surface area contributed by atoms with E-state index in [1.54, 1.807) is 0 Å². The molecule has 64 valence electrons. The largest absolute Gasteiger partial charge is 0.382 e. The molecule has 5 N–H and O–H groups in total. The summed E-state index contributed by atoms with van der Waals surface area (Å²) in [6, 6.07) is -0.472. The summed E-state index contributed by atoms with van der Waals surface area (Å²) in [5, 5.41) is 9.07. The zero-order valence-corrected chi connectivity index (χ0v) is 6.36. The van der Waals surface area contributed by atoms with E-state index in [1.807, 2.05) is 0 Å². The fourth-order valence-electron chi connectivity index (χ4n) is 1.08. The number of amides is 1. The SMILES string of the molecule is NC(=O)C(O)C(N)CC1CC1. The Balaban J connectivity index is 2.26. The van der Waals surface area contributed by atoms with Crippen LogP contribution in [-0.2, 0) is 4.79 Å². The highest BCUT2D eigenvalue weighted by Gasteiger charge is 2.29. The second kappa shape index (κ2) is 3.19. The van der Waals surface area contributed by atoms with Gasteiger partial charge in [0, 0.05) is 6.04 Å². The minimum absolute atomic E-state index is 0.472. The highest BCUT2D eigenvalue weighted by Crippen LogP contribution is 2.33. The second-order valence-corrected chi connectivity index (χ2v) is 3.19. The van der Waals surface area contributed by atoms with Gasteiger partial charge in [-0.3, -0.25) is 4.79 Å². The number of aliphatic hydroxyl groups excluding tert-OH is 1. The monoisotopic (exact) mass is 158 g/mol. The van der Waals surface area contributed by atoms with Crippen molar-refractivity contribution in [1.82, 2.24) is 0 Å². The van der Waals surface area contributed by atoms with Crippen LogP contribution in [-0.4, -0.2) is 23.2 Å². The van der Waals surface area contributed by atoms with Crippen LogP contribution in [0.3, 0.4) is 0 Å². The van der Waals surface area contributed by atoms with Gasteiger partial charge in [0.1, 0.15) is 6.10 Å². The van der Waals surface area contributed by atoms with E-state index in [2.05, 4.69) is 0 Å². The van der Waals surface area contributed by atoms with E-state index in [0.717, 1.165) is 0 Å². The van der Waals surface area contributed by atoms with Crippen LogP contribution < -0.4 is 11.5 Å². The Kier molecular flexibility index (Phi) is 2.46. The molecule has 1 aliphatic carbocycles. The molecule has 1 amide bonds. The smallest absolute Gasteiger partial charge is 0.247 e. The number of carbonyl (C=O) groups is 1. The van der Waals surface area contributed by atoms with Gasteiger partial charge in [0.25, 0.3) is 0 Å². The maximum absolute atomic E-state index is 10.4. The molecule has 1 rings (SSSR count). The van der Waals surface area contributed by atoms with E-state index in [0.29, 0.717) is 12.3 Å². The van der Waals surface area contributed by atoms with Crippen molar-refractivity contribution in [3.63, 3.8) is 0 Å². The first-order valence-corrected chi connectivity index (χ1v) is 3.84. The van der Waals surface area contributed by atoms with E-state index >= 15 is 0 Å². The van der Waals surface area contributed by atoms with Crippen LogP contribution in [0.2, 0.25) is 0 Å². The Labute approximate surface area is 65.6 Å². The van der Waals surface area contributed by atoms with Gasteiger partial charge in [-0.15, -0.1) is 0 Å². The topological polar surface area (TPSA) is 89.3 Å². The Morgan fingerprint density at radius 3 is 2.55 bits per heavy atom. The van der Waals surface area contributed by atoms with Crippen molar-refractivity contribution in [2.24, 2.45) is 17.4 Å². The standard InChI is InChI=1S/C7H14N2O2/c8-5(3-4-1-2-4)6(10)7(9)11/h4-6,10H,1-3,8H2,(H2,9,11). The molecule has 1 fully saturated rings. The molecular weight excluding hydrogens is 144 g/mol. The summed E-state index contributed by atoms with van der Waals surface area (Å²) in [7, 11) is 0. The van der Waals surface area contributed by atoms with Gasteiger partial charge < -0.3 is 16.6 Å². The van der Waals surface area contributed by atoms with Gasteiger partial charge in [-0.25, -0.2) is 0 Å². The summed E-state index contributed by atoms with van der Waals surface area (Å²) < 4.78 is 0. The van der Waals surface area contributed by atoms with E-state index < -0.39 is 18.1 Å². The number of hydrogen-bond donors (Lipinski definition) is 3. The van der Waals surface area contributed by atoms with Gasteiger partial charge in [0.15, 0.2) is 0 Å². The lowest BCUT2D eigenvalue weighted by molar-refractivity contribution is -0.127. The van der Waals surface area contributed by atoms with Gasteiger partial charge in [0.2, 0.25) is 5.91 Å². The molecule has 4 nitrogen and oxygen atoms in total. The summed E-state index contributed by atoms with van der Waals surface area (Å²) in [4.78, 5) is 10.4. The lowest BCUT2D eigenvalue weighted by Gasteiger charge is -2.14. The predicted molar refractivity (Wildman–Crippen MR) is 40.5 cm³/mol. The predicted octanol–water partition coefficient (Wildman–Crippen LogP) is -1.04. The maximum Gasteiger partial charge on any atom is 0.247 e. The molecule has 0 aromatic carbocycles. The number of aliphatic hydroxyl groups is 1.